The Balaban J connectivity index is 1.72. The number of halogens is 1. The van der Waals surface area contributed by atoms with Crippen LogP contribution in [0.1, 0.15) is 70.6 Å². The van der Waals surface area contributed by atoms with E-state index in [0.717, 1.165) is 18.3 Å². The highest BCUT2D eigenvalue weighted by molar-refractivity contribution is 9.09. The van der Waals surface area contributed by atoms with E-state index in [-0.39, 0.29) is 5.91 Å². The van der Waals surface area contributed by atoms with Crippen molar-refractivity contribution in [2.75, 3.05) is 11.9 Å². The number of hydrogen-bond acceptors (Lipinski definition) is 1. The minimum Gasteiger partial charge on any atom is -0.356 e. The lowest BCUT2D eigenvalue weighted by Gasteiger charge is -2.36. The van der Waals surface area contributed by atoms with Crippen molar-refractivity contribution in [1.29, 1.82) is 0 Å². The van der Waals surface area contributed by atoms with Gasteiger partial charge in [0, 0.05) is 18.3 Å². The Morgan fingerprint density at radius 3 is 2.32 bits per heavy atom. The van der Waals surface area contributed by atoms with E-state index in [1.54, 1.807) is 0 Å². The first-order chi connectivity index (χ1) is 9.24. The summed E-state index contributed by atoms with van der Waals surface area (Å²) < 4.78 is 0. The third kappa shape index (κ3) is 4.77. The summed E-state index contributed by atoms with van der Waals surface area (Å²) in [5.41, 5.74) is 0.334. The molecular formula is C16H28BrNO. The molecule has 1 N–H and O–H groups in total. The molecule has 2 aliphatic carbocycles. The summed E-state index contributed by atoms with van der Waals surface area (Å²) in [5, 5.41) is 4.25. The Morgan fingerprint density at radius 1 is 1.05 bits per heavy atom. The van der Waals surface area contributed by atoms with Gasteiger partial charge < -0.3 is 5.32 Å². The summed E-state index contributed by atoms with van der Waals surface area (Å²) in [6.07, 6.45) is 13.8. The molecule has 19 heavy (non-hydrogen) atoms. The summed E-state index contributed by atoms with van der Waals surface area (Å²) in [6.45, 7) is 0.879. The lowest BCUT2D eigenvalue weighted by molar-refractivity contribution is -0.122. The lowest BCUT2D eigenvalue weighted by atomic mass is 9.75. The van der Waals surface area contributed by atoms with E-state index in [9.17, 15) is 4.79 Å². The Labute approximate surface area is 126 Å². The van der Waals surface area contributed by atoms with Crippen molar-refractivity contribution in [3.63, 3.8) is 0 Å². The molecule has 1 amide bonds. The molecule has 0 aromatic carbocycles. The molecule has 2 nitrogen and oxygen atoms in total. The molecule has 0 bridgehead atoms. The normalized spacial score (nSPS) is 24.1. The molecular weight excluding hydrogens is 302 g/mol. The van der Waals surface area contributed by atoms with Crippen molar-refractivity contribution in [2.45, 2.75) is 70.6 Å². The van der Waals surface area contributed by atoms with Gasteiger partial charge in [-0.2, -0.15) is 0 Å². The zero-order valence-electron chi connectivity index (χ0n) is 12.1. The maximum Gasteiger partial charge on any atom is 0.220 e. The van der Waals surface area contributed by atoms with Gasteiger partial charge in [0.15, 0.2) is 0 Å². The first kappa shape index (κ1) is 15.3. The number of nitrogens with one attached hydrogen (secondary N) is 1. The van der Waals surface area contributed by atoms with Crippen LogP contribution >= 0.6 is 15.9 Å². The number of alkyl halides is 1. The zero-order chi connectivity index (χ0) is 13.6. The predicted octanol–water partition coefficient (Wildman–Crippen LogP) is 4.42. The molecule has 2 fully saturated rings. The summed E-state index contributed by atoms with van der Waals surface area (Å²) in [7, 11) is 0. The van der Waals surface area contributed by atoms with Crippen LogP contribution in [0.2, 0.25) is 0 Å². The number of rotatable bonds is 5. The van der Waals surface area contributed by atoms with Crippen LogP contribution in [0, 0.1) is 11.3 Å². The molecule has 0 unspecified atom stereocenters. The van der Waals surface area contributed by atoms with Crippen LogP contribution < -0.4 is 5.32 Å². The number of amides is 1. The van der Waals surface area contributed by atoms with Gasteiger partial charge in [0.05, 0.1) is 0 Å². The lowest BCUT2D eigenvalue weighted by Crippen LogP contribution is -2.40. The molecule has 2 rings (SSSR count). The second-order valence-electron chi connectivity index (χ2n) is 6.68. The maximum atomic E-state index is 12.1. The van der Waals surface area contributed by atoms with Crippen LogP contribution in [0.4, 0.5) is 0 Å². The van der Waals surface area contributed by atoms with Gasteiger partial charge in [0.2, 0.25) is 5.91 Å². The van der Waals surface area contributed by atoms with Crippen LogP contribution in [-0.2, 0) is 4.79 Å². The van der Waals surface area contributed by atoms with E-state index < -0.39 is 0 Å². The summed E-state index contributed by atoms with van der Waals surface area (Å²) in [6, 6.07) is 0. The van der Waals surface area contributed by atoms with Gasteiger partial charge >= 0.3 is 0 Å². The van der Waals surface area contributed by atoms with Crippen molar-refractivity contribution in [3.05, 3.63) is 0 Å². The van der Waals surface area contributed by atoms with E-state index in [2.05, 4.69) is 21.2 Å². The van der Waals surface area contributed by atoms with E-state index in [0.29, 0.717) is 11.3 Å². The fourth-order valence-corrected chi connectivity index (χ4v) is 4.43. The highest BCUT2D eigenvalue weighted by Gasteiger charge is 2.31. The predicted molar refractivity (Wildman–Crippen MR) is 83.5 cm³/mol. The Hall–Kier alpha value is -0.0500. The minimum atomic E-state index is 0.290. The van der Waals surface area contributed by atoms with Crippen molar-refractivity contribution in [3.8, 4) is 0 Å². The fraction of sp³-hybridized carbons (Fsp3) is 0.938. The Bertz CT molecular complexity index is 280. The van der Waals surface area contributed by atoms with Gasteiger partial charge in [-0.3, -0.25) is 4.79 Å². The van der Waals surface area contributed by atoms with Gasteiger partial charge in [0.1, 0.15) is 0 Å². The zero-order valence-corrected chi connectivity index (χ0v) is 13.6. The molecule has 2 saturated carbocycles. The topological polar surface area (TPSA) is 29.1 Å². The summed E-state index contributed by atoms with van der Waals surface area (Å²) in [4.78, 5) is 12.1. The third-order valence-corrected chi connectivity index (χ3v) is 6.25. The third-order valence-electron chi connectivity index (χ3n) is 5.06. The standard InChI is InChI=1S/C16H28BrNO/c17-12-16(9-5-2-6-10-16)13-18-15(19)11-14-7-3-1-4-8-14/h14H,1-13H2,(H,18,19). The highest BCUT2D eigenvalue weighted by atomic mass is 79.9. The average Bonchev–Trinajstić information content (AvgIpc) is 2.47. The largest absolute Gasteiger partial charge is 0.356 e. The first-order valence-corrected chi connectivity index (χ1v) is 9.19. The van der Waals surface area contributed by atoms with Gasteiger partial charge in [-0.15, -0.1) is 0 Å². The Kier molecular flexibility index (Phi) is 6.18. The SMILES string of the molecule is O=C(CC1CCCCC1)NCC1(CBr)CCCCC1. The van der Waals surface area contributed by atoms with Crippen LogP contribution in [0.15, 0.2) is 0 Å². The molecule has 0 aromatic heterocycles. The molecule has 3 heteroatoms. The molecule has 110 valence electrons. The smallest absolute Gasteiger partial charge is 0.220 e. The second-order valence-corrected chi connectivity index (χ2v) is 7.24. The molecule has 0 atom stereocenters. The van der Waals surface area contributed by atoms with Gasteiger partial charge in [-0.05, 0) is 37.0 Å². The summed E-state index contributed by atoms with van der Waals surface area (Å²) >= 11 is 3.67. The van der Waals surface area contributed by atoms with Crippen molar-refractivity contribution < 1.29 is 4.79 Å². The monoisotopic (exact) mass is 329 g/mol. The van der Waals surface area contributed by atoms with Gasteiger partial charge in [0.25, 0.3) is 0 Å². The van der Waals surface area contributed by atoms with E-state index >= 15 is 0 Å². The molecule has 0 aliphatic heterocycles. The number of carbonyl (C=O) groups is 1. The molecule has 0 spiro atoms. The number of hydrogen-bond donors (Lipinski definition) is 1. The Morgan fingerprint density at radius 2 is 1.68 bits per heavy atom. The van der Waals surface area contributed by atoms with E-state index in [1.165, 1.54) is 64.2 Å². The van der Waals surface area contributed by atoms with Crippen molar-refractivity contribution >= 4 is 21.8 Å². The van der Waals surface area contributed by atoms with Crippen LogP contribution in [0.5, 0.6) is 0 Å². The molecule has 0 aromatic rings. The molecule has 0 saturated heterocycles. The average molecular weight is 330 g/mol. The summed E-state index contributed by atoms with van der Waals surface area (Å²) in [5.74, 6) is 0.942. The molecule has 0 radical (unpaired) electrons. The van der Waals surface area contributed by atoms with Crippen molar-refractivity contribution in [2.24, 2.45) is 11.3 Å². The van der Waals surface area contributed by atoms with Crippen LogP contribution in [-0.4, -0.2) is 17.8 Å². The highest BCUT2D eigenvalue weighted by Crippen LogP contribution is 2.37. The van der Waals surface area contributed by atoms with Crippen molar-refractivity contribution in [1.82, 2.24) is 5.32 Å². The van der Waals surface area contributed by atoms with E-state index in [1.807, 2.05) is 0 Å². The van der Waals surface area contributed by atoms with Crippen LogP contribution in [0.25, 0.3) is 0 Å². The number of carbonyl (C=O) groups excluding carboxylic acids is 1. The van der Waals surface area contributed by atoms with Gasteiger partial charge in [-0.1, -0.05) is 54.5 Å². The maximum absolute atomic E-state index is 12.1. The molecule has 2 aliphatic rings. The first-order valence-electron chi connectivity index (χ1n) is 8.07. The second kappa shape index (κ2) is 7.66. The quantitative estimate of drug-likeness (QED) is 0.743. The molecule has 0 heterocycles. The van der Waals surface area contributed by atoms with Crippen LogP contribution in [0.3, 0.4) is 0 Å². The minimum absolute atomic E-state index is 0.290. The van der Waals surface area contributed by atoms with E-state index in [4.69, 9.17) is 0 Å². The van der Waals surface area contributed by atoms with Gasteiger partial charge in [-0.25, -0.2) is 0 Å². The fourth-order valence-electron chi connectivity index (χ4n) is 3.67.